The van der Waals surface area contributed by atoms with E-state index in [0.29, 0.717) is 0 Å². The second kappa shape index (κ2) is 4.81. The van der Waals surface area contributed by atoms with Gasteiger partial charge in [0.15, 0.2) is 0 Å². The van der Waals surface area contributed by atoms with Crippen LogP contribution in [0.3, 0.4) is 0 Å². The van der Waals surface area contributed by atoms with Crippen molar-refractivity contribution in [1.82, 2.24) is 0 Å². The van der Waals surface area contributed by atoms with Crippen LogP contribution in [0.1, 0.15) is 0 Å². The molecular weight excluding hydrogens is 75.0 g/mol. The van der Waals surface area contributed by atoms with Crippen molar-refractivity contribution in [2.24, 2.45) is 0 Å². The van der Waals surface area contributed by atoms with Crippen molar-refractivity contribution in [1.29, 1.82) is 0 Å². The summed E-state index contributed by atoms with van der Waals surface area (Å²) in [4.78, 5) is 9.25. The summed E-state index contributed by atoms with van der Waals surface area (Å²) >= 11 is 0. The van der Waals surface area contributed by atoms with E-state index in [1.807, 2.05) is 0 Å². The molecule has 0 fully saturated rings. The van der Waals surface area contributed by atoms with Crippen LogP contribution < -0.4 is 0 Å². The molecule has 2 nitrogen and oxygen atoms in total. The first-order valence-electron chi connectivity index (χ1n) is 1.12. The molecule has 0 amide bonds. The molecule has 1 N–H and O–H groups in total. The Bertz CT molecular complexity index is 59.8. The van der Waals surface area contributed by atoms with Gasteiger partial charge < -0.3 is 5.11 Å². The van der Waals surface area contributed by atoms with Crippen LogP contribution in [0.2, 0.25) is 0 Å². The van der Waals surface area contributed by atoms with Crippen molar-refractivity contribution in [3.63, 3.8) is 0 Å². The van der Waals surface area contributed by atoms with Gasteiger partial charge in [-0.3, -0.25) is 0 Å². The van der Waals surface area contributed by atoms with Gasteiger partial charge >= 0.3 is 24.8 Å². The van der Waals surface area contributed by atoms with E-state index in [1.165, 1.54) is 0 Å². The molecule has 0 aliphatic rings. The molecule has 0 saturated carbocycles. The Morgan fingerprint density at radius 2 is 2.00 bits per heavy atom. The van der Waals surface area contributed by atoms with Gasteiger partial charge in [-0.15, -0.1) is 0 Å². The zero-order chi connectivity index (χ0) is 4.28. The van der Waals surface area contributed by atoms with Crippen LogP contribution in [0, 0.1) is 0 Å². The Hall–Kier alpha value is -0.193. The summed E-state index contributed by atoms with van der Waals surface area (Å²) in [5.41, 5.74) is 0. The molecule has 0 unspecified atom stereocenters. The Morgan fingerprint density at radius 1 is 1.83 bits per heavy atom. The van der Waals surface area contributed by atoms with E-state index >= 15 is 0 Å². The van der Waals surface area contributed by atoms with Crippen molar-refractivity contribution in [2.45, 2.75) is 0 Å². The van der Waals surface area contributed by atoms with Gasteiger partial charge in [0.2, 0.25) is 0 Å². The van der Waals surface area contributed by atoms with Gasteiger partial charge in [-0.2, -0.15) is 0 Å². The SMILES string of the molecule is C=CC(=O)O.[LiH]. The zero-order valence-electron chi connectivity index (χ0n) is 2.64. The molecule has 0 atom stereocenters. The first kappa shape index (κ1) is 9.26. The van der Waals surface area contributed by atoms with E-state index in [-0.39, 0.29) is 18.9 Å². The van der Waals surface area contributed by atoms with Crippen molar-refractivity contribution < 1.29 is 9.90 Å². The predicted octanol–water partition coefficient (Wildman–Crippen LogP) is -0.392. The van der Waals surface area contributed by atoms with E-state index in [9.17, 15) is 4.79 Å². The maximum atomic E-state index is 9.25. The Morgan fingerprint density at radius 3 is 2.00 bits per heavy atom. The van der Waals surface area contributed by atoms with Gasteiger partial charge in [-0.25, -0.2) is 4.79 Å². The summed E-state index contributed by atoms with van der Waals surface area (Å²) in [6, 6.07) is 0. The fourth-order valence-electron chi connectivity index (χ4n) is 0. The molecule has 0 spiro atoms. The van der Waals surface area contributed by atoms with Crippen molar-refractivity contribution in [3.05, 3.63) is 12.7 Å². The standard InChI is InChI=1S/C3H4O2.Li.H/c1-2-3(4)5;;/h2H,1H2,(H,4,5);;. The van der Waals surface area contributed by atoms with E-state index in [1.54, 1.807) is 0 Å². The molecule has 3 heteroatoms. The van der Waals surface area contributed by atoms with Gasteiger partial charge in [0, 0.05) is 6.08 Å². The van der Waals surface area contributed by atoms with Crippen LogP contribution in [-0.4, -0.2) is 29.9 Å². The first-order valence-corrected chi connectivity index (χ1v) is 1.12. The molecule has 0 radical (unpaired) electrons. The van der Waals surface area contributed by atoms with Crippen LogP contribution in [0.15, 0.2) is 12.7 Å². The molecule has 0 aromatic rings. The number of rotatable bonds is 1. The Balaban J connectivity index is 0. The molecule has 0 aromatic carbocycles. The number of hydrogen-bond donors (Lipinski definition) is 1. The molecule has 0 bridgehead atoms. The fraction of sp³-hybridized carbons (Fsp3) is 0. The van der Waals surface area contributed by atoms with Gasteiger partial charge in [-0.1, -0.05) is 6.58 Å². The quantitative estimate of drug-likeness (QED) is 0.344. The first-order chi connectivity index (χ1) is 2.27. The van der Waals surface area contributed by atoms with Crippen LogP contribution >= 0.6 is 0 Å². The predicted molar refractivity (Wildman–Crippen MR) is 25.0 cm³/mol. The molecule has 0 heterocycles. The monoisotopic (exact) mass is 80.0 g/mol. The summed E-state index contributed by atoms with van der Waals surface area (Å²) in [6.45, 7) is 2.96. The summed E-state index contributed by atoms with van der Waals surface area (Å²) in [6.07, 6.45) is 0.833. The number of hydrogen-bond acceptors (Lipinski definition) is 1. The average molecular weight is 80.0 g/mol. The summed E-state index contributed by atoms with van der Waals surface area (Å²) in [7, 11) is 0. The topological polar surface area (TPSA) is 37.3 Å². The van der Waals surface area contributed by atoms with Crippen LogP contribution in [0.5, 0.6) is 0 Å². The van der Waals surface area contributed by atoms with Crippen LogP contribution in [0.4, 0.5) is 0 Å². The molecule has 0 aromatic heterocycles. The molecule has 0 saturated heterocycles. The average Bonchev–Trinajstić information content (AvgIpc) is 1.38. The van der Waals surface area contributed by atoms with E-state index in [4.69, 9.17) is 5.11 Å². The molecule has 0 aliphatic heterocycles. The number of carboxylic acid groups (broad SMARTS) is 1. The minimum absolute atomic E-state index is 0. The van der Waals surface area contributed by atoms with Gasteiger partial charge in [-0.05, 0) is 0 Å². The zero-order valence-corrected chi connectivity index (χ0v) is 2.64. The van der Waals surface area contributed by atoms with Crippen molar-refractivity contribution in [2.75, 3.05) is 0 Å². The maximum absolute atomic E-state index is 9.25. The molecule has 30 valence electrons. The summed E-state index contributed by atoms with van der Waals surface area (Å²) in [5, 5.41) is 7.60. The van der Waals surface area contributed by atoms with E-state index in [2.05, 4.69) is 6.58 Å². The fourth-order valence-corrected chi connectivity index (χ4v) is 0. The second-order valence-corrected chi connectivity index (χ2v) is 0.542. The molecular formula is C3H5LiO2. The van der Waals surface area contributed by atoms with E-state index in [0.717, 1.165) is 6.08 Å². The van der Waals surface area contributed by atoms with Gasteiger partial charge in [0.25, 0.3) is 0 Å². The van der Waals surface area contributed by atoms with E-state index < -0.39 is 5.97 Å². The number of carbonyl (C=O) groups is 1. The van der Waals surface area contributed by atoms with Gasteiger partial charge in [0.1, 0.15) is 0 Å². The summed E-state index contributed by atoms with van der Waals surface area (Å²) in [5.74, 6) is -0.981. The van der Waals surface area contributed by atoms with Crippen LogP contribution in [0.25, 0.3) is 0 Å². The molecule has 0 rings (SSSR count). The normalized spacial score (nSPS) is 5.33. The second-order valence-electron chi connectivity index (χ2n) is 0.542. The van der Waals surface area contributed by atoms with Crippen LogP contribution in [-0.2, 0) is 4.79 Å². The third kappa shape index (κ3) is 9.19. The van der Waals surface area contributed by atoms with Crippen molar-refractivity contribution >= 4 is 24.8 Å². The third-order valence-electron chi connectivity index (χ3n) is 0.175. The van der Waals surface area contributed by atoms with Gasteiger partial charge in [0.05, 0.1) is 0 Å². The number of aliphatic carboxylic acids is 1. The molecule has 0 aliphatic carbocycles. The Labute approximate surface area is 48.0 Å². The molecule has 6 heavy (non-hydrogen) atoms. The minimum atomic E-state index is -0.981. The summed E-state index contributed by atoms with van der Waals surface area (Å²) < 4.78 is 0. The van der Waals surface area contributed by atoms with Crippen molar-refractivity contribution in [3.8, 4) is 0 Å². The third-order valence-corrected chi connectivity index (χ3v) is 0.175. The Kier molecular flexibility index (Phi) is 7.42. The number of carboxylic acids is 1.